The van der Waals surface area contributed by atoms with Gasteiger partial charge in [0.25, 0.3) is 0 Å². The number of hydrogen-bond acceptors (Lipinski definition) is 2. The van der Waals surface area contributed by atoms with Crippen molar-refractivity contribution in [2.75, 3.05) is 0 Å². The fourth-order valence-electron chi connectivity index (χ4n) is 3.78. The molecule has 0 amide bonds. The van der Waals surface area contributed by atoms with Crippen LogP contribution in [0.15, 0.2) is 71.3 Å². The summed E-state index contributed by atoms with van der Waals surface area (Å²) in [6.45, 7) is 0. The summed E-state index contributed by atoms with van der Waals surface area (Å²) in [6, 6.07) is 17.2. The Morgan fingerprint density at radius 1 is 0.800 bits per heavy atom. The summed E-state index contributed by atoms with van der Waals surface area (Å²) in [5.41, 5.74) is 6.64. The highest BCUT2D eigenvalue weighted by atomic mass is 16.3. The van der Waals surface area contributed by atoms with Crippen molar-refractivity contribution in [1.82, 2.24) is 4.98 Å². The van der Waals surface area contributed by atoms with Crippen molar-refractivity contribution in [3.8, 4) is 11.3 Å². The van der Waals surface area contributed by atoms with Gasteiger partial charge >= 0.3 is 0 Å². The summed E-state index contributed by atoms with van der Waals surface area (Å²) < 4.78 is 6.39. The minimum atomic E-state index is 0.946. The fraction of sp³-hybridized carbons (Fsp3) is 0.174. The number of fused-ring (bicyclic) bond motifs is 4. The Morgan fingerprint density at radius 2 is 1.60 bits per heavy atom. The molecular weight excluding hydrogens is 306 g/mol. The van der Waals surface area contributed by atoms with E-state index >= 15 is 0 Å². The van der Waals surface area contributed by atoms with E-state index in [4.69, 9.17) is 4.42 Å². The van der Waals surface area contributed by atoms with Crippen LogP contribution in [-0.2, 0) is 12.8 Å². The van der Waals surface area contributed by atoms with Gasteiger partial charge in [0.05, 0.1) is 5.69 Å². The number of aromatic nitrogens is 1. The normalized spacial score (nSPS) is 15.7. The van der Waals surface area contributed by atoms with Crippen LogP contribution >= 0.6 is 0 Å². The first-order valence-corrected chi connectivity index (χ1v) is 8.93. The molecule has 0 N–H and O–H groups in total. The van der Waals surface area contributed by atoms with E-state index in [0.29, 0.717) is 0 Å². The van der Waals surface area contributed by atoms with Gasteiger partial charge in [0.1, 0.15) is 11.2 Å². The Kier molecular flexibility index (Phi) is 3.41. The molecule has 0 saturated heterocycles. The quantitative estimate of drug-likeness (QED) is 0.366. The third-order valence-electron chi connectivity index (χ3n) is 5.05. The van der Waals surface area contributed by atoms with Crippen molar-refractivity contribution >= 4 is 21.9 Å². The molecule has 0 saturated carbocycles. The lowest BCUT2D eigenvalue weighted by molar-refractivity contribution is 0.663. The lowest BCUT2D eigenvalue weighted by atomic mass is 10.0. The maximum absolute atomic E-state index is 6.39. The summed E-state index contributed by atoms with van der Waals surface area (Å²) in [7, 11) is 0. The highest BCUT2D eigenvalue weighted by Gasteiger charge is 2.15. The first-order valence-electron chi connectivity index (χ1n) is 8.93. The molecule has 0 fully saturated rings. The van der Waals surface area contributed by atoms with Crippen molar-refractivity contribution in [2.45, 2.75) is 25.7 Å². The SMILES string of the molecule is C1=C\CCc2cccc3c2oc2c(cccc23)-c2cc(ccn2)CC/1. The molecule has 25 heavy (non-hydrogen) atoms. The van der Waals surface area contributed by atoms with Crippen LogP contribution in [-0.4, -0.2) is 4.98 Å². The molecule has 5 rings (SSSR count). The van der Waals surface area contributed by atoms with Crippen LogP contribution in [0.3, 0.4) is 0 Å². The molecule has 1 aliphatic rings. The summed E-state index contributed by atoms with van der Waals surface area (Å²) in [4.78, 5) is 4.62. The number of allylic oxidation sites excluding steroid dienone is 2. The minimum Gasteiger partial charge on any atom is -0.455 e. The first kappa shape index (κ1) is 14.5. The first-order chi connectivity index (χ1) is 12.4. The van der Waals surface area contributed by atoms with E-state index < -0.39 is 0 Å². The van der Waals surface area contributed by atoms with Gasteiger partial charge in [-0.15, -0.1) is 0 Å². The van der Waals surface area contributed by atoms with E-state index in [-0.39, 0.29) is 0 Å². The number of para-hydroxylation sites is 2. The Labute approximate surface area is 146 Å². The van der Waals surface area contributed by atoms with Crippen LogP contribution < -0.4 is 0 Å². The van der Waals surface area contributed by atoms with Gasteiger partial charge in [0, 0.05) is 22.5 Å². The van der Waals surface area contributed by atoms with Crippen molar-refractivity contribution in [1.29, 1.82) is 0 Å². The van der Waals surface area contributed by atoms with Crippen LogP contribution in [0.4, 0.5) is 0 Å². The van der Waals surface area contributed by atoms with Gasteiger partial charge in [-0.2, -0.15) is 0 Å². The molecule has 4 bridgehead atoms. The molecule has 3 heterocycles. The molecule has 0 aliphatic carbocycles. The average Bonchev–Trinajstić information content (AvgIpc) is 3.04. The highest BCUT2D eigenvalue weighted by Crippen LogP contribution is 2.37. The molecule has 2 nitrogen and oxygen atoms in total. The molecule has 1 aliphatic heterocycles. The average molecular weight is 325 g/mol. The number of rotatable bonds is 0. The third-order valence-corrected chi connectivity index (χ3v) is 5.05. The van der Waals surface area contributed by atoms with Crippen molar-refractivity contribution in [3.63, 3.8) is 0 Å². The predicted molar refractivity (Wildman–Crippen MR) is 103 cm³/mol. The number of aryl methyl sites for hydroxylation is 2. The molecule has 4 aromatic rings. The minimum absolute atomic E-state index is 0.946. The van der Waals surface area contributed by atoms with Crippen LogP contribution in [0.1, 0.15) is 24.0 Å². The smallest absolute Gasteiger partial charge is 0.144 e. The Morgan fingerprint density at radius 3 is 2.52 bits per heavy atom. The highest BCUT2D eigenvalue weighted by molar-refractivity contribution is 6.10. The molecular formula is C23H19NO. The Hall–Kier alpha value is -2.87. The lowest BCUT2D eigenvalue weighted by Gasteiger charge is -2.05. The topological polar surface area (TPSA) is 26.0 Å². The standard InChI is InChI=1S/C23H19NO/c1-2-4-8-17-9-5-10-18-19-11-6-12-20(23(19)25-22(17)18)21-15-16(7-3-1)13-14-24-21/h1-2,5-6,9-15H,3-4,7-8H2/b2-1-. The van der Waals surface area contributed by atoms with Crippen LogP contribution in [0, 0.1) is 0 Å². The number of pyridine rings is 1. The molecule has 2 aromatic carbocycles. The van der Waals surface area contributed by atoms with E-state index in [1.165, 1.54) is 21.9 Å². The second-order valence-corrected chi connectivity index (χ2v) is 6.68. The van der Waals surface area contributed by atoms with Gasteiger partial charge in [-0.05, 0) is 55.0 Å². The van der Waals surface area contributed by atoms with Crippen molar-refractivity contribution in [3.05, 3.63) is 78.0 Å². The molecule has 0 atom stereocenters. The summed E-state index contributed by atoms with van der Waals surface area (Å²) >= 11 is 0. The fourth-order valence-corrected chi connectivity index (χ4v) is 3.78. The molecule has 0 spiro atoms. The summed E-state index contributed by atoms with van der Waals surface area (Å²) in [6.07, 6.45) is 10.7. The Balaban J connectivity index is 1.85. The van der Waals surface area contributed by atoms with Gasteiger partial charge in [-0.1, -0.05) is 42.5 Å². The zero-order chi connectivity index (χ0) is 16.6. The molecule has 2 heteroatoms. The second kappa shape index (κ2) is 5.89. The summed E-state index contributed by atoms with van der Waals surface area (Å²) in [5.74, 6) is 0. The van der Waals surface area contributed by atoms with Crippen LogP contribution in [0.2, 0.25) is 0 Å². The number of hydrogen-bond donors (Lipinski definition) is 0. The zero-order valence-corrected chi connectivity index (χ0v) is 14.0. The second-order valence-electron chi connectivity index (χ2n) is 6.68. The van der Waals surface area contributed by atoms with E-state index in [1.54, 1.807) is 0 Å². The molecule has 0 radical (unpaired) electrons. The number of furan rings is 1. The van der Waals surface area contributed by atoms with Gasteiger partial charge in [-0.3, -0.25) is 4.98 Å². The third kappa shape index (κ3) is 2.45. The van der Waals surface area contributed by atoms with Crippen molar-refractivity contribution in [2.24, 2.45) is 0 Å². The van der Waals surface area contributed by atoms with E-state index in [1.807, 2.05) is 6.20 Å². The number of benzene rings is 2. The van der Waals surface area contributed by atoms with Gasteiger partial charge in [-0.25, -0.2) is 0 Å². The van der Waals surface area contributed by atoms with Gasteiger partial charge in [0.15, 0.2) is 0 Å². The lowest BCUT2D eigenvalue weighted by Crippen LogP contribution is -1.89. The maximum Gasteiger partial charge on any atom is 0.144 e. The summed E-state index contributed by atoms with van der Waals surface area (Å²) in [5, 5.41) is 2.37. The van der Waals surface area contributed by atoms with E-state index in [2.05, 4.69) is 65.7 Å². The molecule has 2 aromatic heterocycles. The van der Waals surface area contributed by atoms with E-state index in [9.17, 15) is 0 Å². The van der Waals surface area contributed by atoms with Gasteiger partial charge in [0.2, 0.25) is 0 Å². The van der Waals surface area contributed by atoms with Gasteiger partial charge < -0.3 is 4.42 Å². The molecule has 122 valence electrons. The molecule has 0 unspecified atom stereocenters. The largest absolute Gasteiger partial charge is 0.455 e. The number of nitrogens with zero attached hydrogens (tertiary/aromatic N) is 1. The van der Waals surface area contributed by atoms with E-state index in [0.717, 1.165) is 48.1 Å². The van der Waals surface area contributed by atoms with Crippen LogP contribution in [0.5, 0.6) is 0 Å². The predicted octanol–water partition coefficient (Wildman–Crippen LogP) is 6.08. The van der Waals surface area contributed by atoms with Crippen LogP contribution in [0.25, 0.3) is 33.2 Å². The maximum atomic E-state index is 6.39. The monoisotopic (exact) mass is 325 g/mol. The zero-order valence-electron chi connectivity index (χ0n) is 14.0. The van der Waals surface area contributed by atoms with Crippen molar-refractivity contribution < 1.29 is 4.42 Å². The Bertz CT molecular complexity index is 1100.